The van der Waals surface area contributed by atoms with E-state index in [-0.39, 0.29) is 35.4 Å². The van der Waals surface area contributed by atoms with Crippen LogP contribution in [0, 0.1) is 13.8 Å². The van der Waals surface area contributed by atoms with Crippen LogP contribution < -0.4 is 16.3 Å². The van der Waals surface area contributed by atoms with Gasteiger partial charge in [-0.2, -0.15) is 5.10 Å². The Kier molecular flexibility index (Phi) is 4.26. The summed E-state index contributed by atoms with van der Waals surface area (Å²) in [5.74, 6) is -0.321. The Morgan fingerprint density at radius 3 is 2.80 bits per heavy atom. The molecule has 1 amide bonds. The molecule has 8 heteroatoms. The van der Waals surface area contributed by atoms with Crippen LogP contribution >= 0.6 is 0 Å². The number of carbonyl (C=O) groups is 1. The van der Waals surface area contributed by atoms with Crippen LogP contribution in [0.1, 0.15) is 23.2 Å². The second kappa shape index (κ2) is 6.39. The summed E-state index contributed by atoms with van der Waals surface area (Å²) in [6.45, 7) is 3.74. The fraction of sp³-hybridized carbons (Fsp3) is 0.294. The zero-order valence-corrected chi connectivity index (χ0v) is 14.3. The summed E-state index contributed by atoms with van der Waals surface area (Å²) in [6.07, 6.45) is 3.31. The van der Waals surface area contributed by atoms with Crippen molar-refractivity contribution in [3.8, 4) is 0 Å². The number of rotatable bonds is 4. The van der Waals surface area contributed by atoms with Crippen LogP contribution in [0.25, 0.3) is 11.0 Å². The Balaban J connectivity index is 1.83. The number of hydrogen-bond acceptors (Lipinski definition) is 4. The maximum Gasteiger partial charge on any atom is 0.253 e. The molecule has 0 radical (unpaired) electrons. The summed E-state index contributed by atoms with van der Waals surface area (Å²) < 4.78 is 1.64. The lowest BCUT2D eigenvalue weighted by Gasteiger charge is -2.08. The number of pyridine rings is 2. The first-order valence-corrected chi connectivity index (χ1v) is 7.90. The Morgan fingerprint density at radius 1 is 1.32 bits per heavy atom. The Labute approximate surface area is 142 Å². The number of aryl methyl sites for hydroxylation is 3. The van der Waals surface area contributed by atoms with Crippen LogP contribution in [-0.4, -0.2) is 25.7 Å². The minimum absolute atomic E-state index is 0.100. The van der Waals surface area contributed by atoms with Crippen LogP contribution in [-0.2, 0) is 18.3 Å². The second-order valence-corrected chi connectivity index (χ2v) is 5.96. The largest absolute Gasteiger partial charge is 0.366 e. The molecule has 0 saturated heterocycles. The summed E-state index contributed by atoms with van der Waals surface area (Å²) in [5, 5.41) is 7.78. The first-order chi connectivity index (χ1) is 11.9. The number of nitrogens with one attached hydrogen (secondary N) is 3. The molecular weight excluding hydrogens is 322 g/mol. The van der Waals surface area contributed by atoms with Gasteiger partial charge < -0.3 is 15.3 Å². The number of nitrogens with zero attached hydrogens (tertiary/aromatic N) is 2. The smallest absolute Gasteiger partial charge is 0.253 e. The predicted molar refractivity (Wildman–Crippen MR) is 94.8 cm³/mol. The van der Waals surface area contributed by atoms with Gasteiger partial charge in [-0.3, -0.25) is 19.1 Å². The number of hydrogen-bond donors (Lipinski definition) is 3. The zero-order chi connectivity index (χ0) is 18.1. The average molecular weight is 341 g/mol. The van der Waals surface area contributed by atoms with Crippen molar-refractivity contribution in [1.82, 2.24) is 19.7 Å². The van der Waals surface area contributed by atoms with Crippen molar-refractivity contribution < 1.29 is 4.79 Å². The van der Waals surface area contributed by atoms with Crippen LogP contribution in [0.3, 0.4) is 0 Å². The van der Waals surface area contributed by atoms with Crippen molar-refractivity contribution in [1.29, 1.82) is 0 Å². The second-order valence-electron chi connectivity index (χ2n) is 5.96. The number of fused-ring (bicyclic) bond motifs is 1. The summed E-state index contributed by atoms with van der Waals surface area (Å²) in [4.78, 5) is 41.7. The highest BCUT2D eigenvalue weighted by Crippen LogP contribution is 2.21. The monoisotopic (exact) mass is 341 g/mol. The van der Waals surface area contributed by atoms with Gasteiger partial charge in [0.25, 0.3) is 5.56 Å². The summed E-state index contributed by atoms with van der Waals surface area (Å²) in [5.41, 5.74) is 2.58. The van der Waals surface area contributed by atoms with E-state index in [2.05, 4.69) is 20.4 Å². The first kappa shape index (κ1) is 16.7. The van der Waals surface area contributed by atoms with E-state index >= 15 is 0 Å². The fourth-order valence-electron chi connectivity index (χ4n) is 3.02. The van der Waals surface area contributed by atoms with E-state index in [9.17, 15) is 14.4 Å². The van der Waals surface area contributed by atoms with Gasteiger partial charge >= 0.3 is 0 Å². The van der Waals surface area contributed by atoms with Crippen molar-refractivity contribution in [3.63, 3.8) is 0 Å². The number of aromatic amines is 2. The van der Waals surface area contributed by atoms with E-state index in [0.29, 0.717) is 11.2 Å². The number of anilines is 1. The topological polar surface area (TPSA) is 113 Å². The van der Waals surface area contributed by atoms with E-state index < -0.39 is 0 Å². The number of aromatic nitrogens is 4. The average Bonchev–Trinajstić information content (AvgIpc) is 2.83. The van der Waals surface area contributed by atoms with Crippen molar-refractivity contribution in [2.24, 2.45) is 7.05 Å². The zero-order valence-electron chi connectivity index (χ0n) is 14.3. The van der Waals surface area contributed by atoms with Crippen molar-refractivity contribution in [3.05, 3.63) is 55.9 Å². The SMILES string of the molecule is Cc1nn(C)c2[nH]c(=O)c(CCC(=O)Nc3c[nH]ccc3=O)c(C)c12. The molecule has 0 fully saturated rings. The highest BCUT2D eigenvalue weighted by Gasteiger charge is 2.16. The molecule has 0 spiro atoms. The van der Waals surface area contributed by atoms with Crippen LogP contribution in [0.4, 0.5) is 5.69 Å². The van der Waals surface area contributed by atoms with Gasteiger partial charge in [0.2, 0.25) is 11.3 Å². The molecule has 25 heavy (non-hydrogen) atoms. The van der Waals surface area contributed by atoms with Gasteiger partial charge in [-0.1, -0.05) is 0 Å². The molecule has 0 unspecified atom stereocenters. The predicted octanol–water partition coefficient (Wildman–Crippen LogP) is 1.14. The third-order valence-corrected chi connectivity index (χ3v) is 4.26. The molecule has 0 atom stereocenters. The molecule has 0 aliphatic rings. The van der Waals surface area contributed by atoms with Gasteiger partial charge in [0.1, 0.15) is 11.3 Å². The van der Waals surface area contributed by atoms with E-state index in [1.165, 1.54) is 18.5 Å². The summed E-state index contributed by atoms with van der Waals surface area (Å²) in [7, 11) is 1.77. The molecule has 3 N–H and O–H groups in total. The van der Waals surface area contributed by atoms with E-state index in [4.69, 9.17) is 0 Å². The molecule has 8 nitrogen and oxygen atoms in total. The molecule has 0 bridgehead atoms. The van der Waals surface area contributed by atoms with Gasteiger partial charge in [-0.05, 0) is 25.8 Å². The molecule has 3 heterocycles. The maximum absolute atomic E-state index is 12.4. The maximum atomic E-state index is 12.4. The third kappa shape index (κ3) is 3.10. The molecule has 3 aromatic heterocycles. The van der Waals surface area contributed by atoms with Gasteiger partial charge in [-0.25, -0.2) is 0 Å². The quantitative estimate of drug-likeness (QED) is 0.660. The Bertz CT molecular complexity index is 1070. The lowest BCUT2D eigenvalue weighted by Crippen LogP contribution is -2.21. The lowest BCUT2D eigenvalue weighted by atomic mass is 10.0. The summed E-state index contributed by atoms with van der Waals surface area (Å²) in [6, 6.07) is 1.34. The van der Waals surface area contributed by atoms with Gasteiger partial charge in [0, 0.05) is 42.9 Å². The molecule has 0 saturated carbocycles. The highest BCUT2D eigenvalue weighted by molar-refractivity contribution is 5.90. The van der Waals surface area contributed by atoms with Gasteiger partial charge in [0.05, 0.1) is 5.69 Å². The summed E-state index contributed by atoms with van der Waals surface area (Å²) >= 11 is 0. The molecular formula is C17H19N5O3. The molecule has 0 aliphatic heterocycles. The molecule has 130 valence electrons. The third-order valence-electron chi connectivity index (χ3n) is 4.26. The Hall–Kier alpha value is -3.16. The van der Waals surface area contributed by atoms with Crippen molar-refractivity contribution in [2.75, 3.05) is 5.32 Å². The van der Waals surface area contributed by atoms with E-state index in [1.54, 1.807) is 11.7 Å². The lowest BCUT2D eigenvalue weighted by molar-refractivity contribution is -0.116. The van der Waals surface area contributed by atoms with Crippen LogP contribution in [0.5, 0.6) is 0 Å². The number of H-pyrrole nitrogens is 2. The number of carbonyl (C=O) groups excluding carboxylic acids is 1. The van der Waals surface area contributed by atoms with Crippen LogP contribution in [0.2, 0.25) is 0 Å². The normalized spacial score (nSPS) is 11.0. The van der Waals surface area contributed by atoms with Crippen molar-refractivity contribution in [2.45, 2.75) is 26.7 Å². The first-order valence-electron chi connectivity index (χ1n) is 7.90. The van der Waals surface area contributed by atoms with Crippen LogP contribution in [0.15, 0.2) is 28.0 Å². The molecule has 0 aromatic carbocycles. The van der Waals surface area contributed by atoms with E-state index in [0.717, 1.165) is 16.6 Å². The molecule has 3 aromatic rings. The Morgan fingerprint density at radius 2 is 2.08 bits per heavy atom. The minimum Gasteiger partial charge on any atom is -0.366 e. The highest BCUT2D eigenvalue weighted by atomic mass is 16.2. The molecule has 0 aliphatic carbocycles. The standard InChI is InChI=1S/C17H19N5O3/c1-9-11(17(25)20-16-15(9)10(2)21-22(16)3)4-5-14(24)19-12-8-18-7-6-13(12)23/h6-8H,4-5H2,1-3H3,(H,18,23)(H,19,24)(H,20,25). The van der Waals surface area contributed by atoms with Gasteiger partial charge in [0.15, 0.2) is 0 Å². The van der Waals surface area contributed by atoms with E-state index in [1.807, 2.05) is 13.8 Å². The van der Waals surface area contributed by atoms with Crippen molar-refractivity contribution >= 4 is 22.6 Å². The fourth-order valence-corrected chi connectivity index (χ4v) is 3.02. The number of amides is 1. The van der Waals surface area contributed by atoms with Gasteiger partial charge in [-0.15, -0.1) is 0 Å². The minimum atomic E-state index is -0.321. The molecule has 3 rings (SSSR count).